The molecule has 5 heteroatoms. The number of halogens is 1. The van der Waals surface area contributed by atoms with E-state index in [-0.39, 0.29) is 0 Å². The number of hydrogen-bond donors (Lipinski definition) is 1. The van der Waals surface area contributed by atoms with Crippen molar-refractivity contribution < 1.29 is 0 Å². The number of nitrogens with zero attached hydrogens (tertiary/aromatic N) is 2. The molecular formula is C15H20ClN3S. The SMILES string of the molecule is CC(C)CNCc1cc(Cl)ccc1Sc1nccn1C. The van der Waals surface area contributed by atoms with Gasteiger partial charge in [0.15, 0.2) is 5.16 Å². The van der Waals surface area contributed by atoms with Crippen LogP contribution in [-0.2, 0) is 13.6 Å². The van der Waals surface area contributed by atoms with Crippen molar-refractivity contribution in [2.45, 2.75) is 30.4 Å². The van der Waals surface area contributed by atoms with Crippen LogP contribution in [-0.4, -0.2) is 16.1 Å². The fourth-order valence-corrected chi connectivity index (χ4v) is 2.94. The van der Waals surface area contributed by atoms with Crippen LogP contribution in [0.25, 0.3) is 0 Å². The average molecular weight is 310 g/mol. The molecule has 0 amide bonds. The number of hydrogen-bond acceptors (Lipinski definition) is 3. The molecule has 1 N–H and O–H groups in total. The Morgan fingerprint density at radius 2 is 2.20 bits per heavy atom. The first-order valence-electron chi connectivity index (χ1n) is 6.70. The number of benzene rings is 1. The second-order valence-electron chi connectivity index (χ2n) is 5.20. The smallest absolute Gasteiger partial charge is 0.172 e. The van der Waals surface area contributed by atoms with Gasteiger partial charge in [-0.05, 0) is 36.2 Å². The fraction of sp³-hybridized carbons (Fsp3) is 0.400. The van der Waals surface area contributed by atoms with E-state index in [1.807, 2.05) is 36.1 Å². The van der Waals surface area contributed by atoms with E-state index in [1.165, 1.54) is 10.5 Å². The predicted octanol–water partition coefficient (Wildman–Crippen LogP) is 3.97. The Hall–Kier alpha value is -0.970. The molecule has 0 saturated carbocycles. The normalized spacial score (nSPS) is 11.2. The van der Waals surface area contributed by atoms with E-state index in [0.717, 1.165) is 23.3 Å². The van der Waals surface area contributed by atoms with Crippen molar-refractivity contribution in [1.82, 2.24) is 14.9 Å². The maximum absolute atomic E-state index is 6.11. The predicted molar refractivity (Wildman–Crippen MR) is 85.3 cm³/mol. The van der Waals surface area contributed by atoms with Crippen molar-refractivity contribution in [3.8, 4) is 0 Å². The zero-order valence-corrected chi connectivity index (χ0v) is 13.6. The lowest BCUT2D eigenvalue weighted by Crippen LogP contribution is -2.19. The second-order valence-corrected chi connectivity index (χ2v) is 6.65. The highest BCUT2D eigenvalue weighted by atomic mass is 35.5. The summed E-state index contributed by atoms with van der Waals surface area (Å²) in [5.41, 5.74) is 1.21. The lowest BCUT2D eigenvalue weighted by molar-refractivity contribution is 0.550. The summed E-state index contributed by atoms with van der Waals surface area (Å²) in [6.45, 7) is 6.23. The molecule has 20 heavy (non-hydrogen) atoms. The van der Waals surface area contributed by atoms with Crippen LogP contribution in [0.2, 0.25) is 5.02 Å². The summed E-state index contributed by atoms with van der Waals surface area (Å²) in [6, 6.07) is 6.02. The molecule has 0 aliphatic carbocycles. The summed E-state index contributed by atoms with van der Waals surface area (Å²) in [5, 5.41) is 5.22. The lowest BCUT2D eigenvalue weighted by atomic mass is 10.2. The third-order valence-corrected chi connectivity index (χ3v) is 4.30. The van der Waals surface area contributed by atoms with Crippen molar-refractivity contribution >= 4 is 23.4 Å². The molecule has 1 heterocycles. The minimum atomic E-state index is 0.639. The summed E-state index contributed by atoms with van der Waals surface area (Å²) < 4.78 is 2.02. The Labute approximate surface area is 129 Å². The zero-order chi connectivity index (χ0) is 14.5. The van der Waals surface area contributed by atoms with E-state index < -0.39 is 0 Å². The van der Waals surface area contributed by atoms with Crippen LogP contribution in [0, 0.1) is 5.92 Å². The minimum Gasteiger partial charge on any atom is -0.329 e. The van der Waals surface area contributed by atoms with Gasteiger partial charge in [-0.25, -0.2) is 4.98 Å². The van der Waals surface area contributed by atoms with Crippen molar-refractivity contribution in [3.63, 3.8) is 0 Å². The summed E-state index contributed by atoms with van der Waals surface area (Å²) in [5.74, 6) is 0.639. The van der Waals surface area contributed by atoms with Crippen LogP contribution in [0.5, 0.6) is 0 Å². The Morgan fingerprint density at radius 1 is 1.40 bits per heavy atom. The number of nitrogens with one attached hydrogen (secondary N) is 1. The fourth-order valence-electron chi connectivity index (χ4n) is 1.83. The molecule has 0 spiro atoms. The second kappa shape index (κ2) is 7.16. The summed E-state index contributed by atoms with van der Waals surface area (Å²) >= 11 is 7.78. The zero-order valence-electron chi connectivity index (χ0n) is 12.1. The van der Waals surface area contributed by atoms with Gasteiger partial charge in [0.25, 0.3) is 0 Å². The van der Waals surface area contributed by atoms with Gasteiger partial charge in [-0.15, -0.1) is 0 Å². The van der Waals surface area contributed by atoms with Crippen LogP contribution >= 0.6 is 23.4 Å². The van der Waals surface area contributed by atoms with Gasteiger partial charge in [0.05, 0.1) is 0 Å². The first-order valence-corrected chi connectivity index (χ1v) is 7.90. The van der Waals surface area contributed by atoms with Gasteiger partial charge in [0, 0.05) is 35.9 Å². The number of imidazole rings is 1. The molecule has 0 radical (unpaired) electrons. The Balaban J connectivity index is 2.13. The highest BCUT2D eigenvalue weighted by Gasteiger charge is 2.08. The van der Waals surface area contributed by atoms with Gasteiger partial charge in [-0.1, -0.05) is 37.2 Å². The third kappa shape index (κ3) is 4.27. The first-order chi connectivity index (χ1) is 9.56. The van der Waals surface area contributed by atoms with Crippen LogP contribution in [0.15, 0.2) is 40.6 Å². The number of rotatable bonds is 6. The molecule has 0 aliphatic rings. The quantitative estimate of drug-likeness (QED) is 0.875. The molecule has 3 nitrogen and oxygen atoms in total. The molecule has 2 aromatic rings. The molecule has 0 bridgehead atoms. The molecule has 1 aromatic heterocycles. The van der Waals surface area contributed by atoms with E-state index in [2.05, 4.69) is 30.2 Å². The van der Waals surface area contributed by atoms with Gasteiger partial charge in [0.2, 0.25) is 0 Å². The van der Waals surface area contributed by atoms with Crippen molar-refractivity contribution in [2.75, 3.05) is 6.54 Å². The minimum absolute atomic E-state index is 0.639. The van der Waals surface area contributed by atoms with E-state index >= 15 is 0 Å². The van der Waals surface area contributed by atoms with Gasteiger partial charge in [-0.2, -0.15) is 0 Å². The average Bonchev–Trinajstić information content (AvgIpc) is 2.78. The van der Waals surface area contributed by atoms with E-state index in [1.54, 1.807) is 11.8 Å². The Kier molecular flexibility index (Phi) is 5.52. The highest BCUT2D eigenvalue weighted by Crippen LogP contribution is 2.30. The molecule has 0 saturated heterocycles. The molecule has 1 aromatic carbocycles. The largest absolute Gasteiger partial charge is 0.329 e. The Morgan fingerprint density at radius 3 is 2.85 bits per heavy atom. The molecule has 108 valence electrons. The molecule has 0 fully saturated rings. The van der Waals surface area contributed by atoms with Crippen LogP contribution in [0.3, 0.4) is 0 Å². The van der Waals surface area contributed by atoms with Gasteiger partial charge >= 0.3 is 0 Å². The first kappa shape index (κ1) is 15.4. The van der Waals surface area contributed by atoms with E-state index in [9.17, 15) is 0 Å². The summed E-state index contributed by atoms with van der Waals surface area (Å²) in [6.07, 6.45) is 3.77. The molecule has 0 atom stereocenters. The van der Waals surface area contributed by atoms with E-state index in [0.29, 0.717) is 5.92 Å². The third-order valence-electron chi connectivity index (χ3n) is 2.87. The summed E-state index contributed by atoms with van der Waals surface area (Å²) in [7, 11) is 2.00. The molecule has 0 aliphatic heterocycles. The monoisotopic (exact) mass is 309 g/mol. The number of aromatic nitrogens is 2. The lowest BCUT2D eigenvalue weighted by Gasteiger charge is -2.12. The highest BCUT2D eigenvalue weighted by molar-refractivity contribution is 7.99. The maximum Gasteiger partial charge on any atom is 0.172 e. The van der Waals surface area contributed by atoms with Crippen LogP contribution in [0.4, 0.5) is 0 Å². The molecular weight excluding hydrogens is 290 g/mol. The van der Waals surface area contributed by atoms with Gasteiger partial charge in [-0.3, -0.25) is 0 Å². The van der Waals surface area contributed by atoms with Gasteiger partial charge < -0.3 is 9.88 Å². The van der Waals surface area contributed by atoms with Crippen molar-refractivity contribution in [2.24, 2.45) is 13.0 Å². The van der Waals surface area contributed by atoms with Crippen molar-refractivity contribution in [3.05, 3.63) is 41.2 Å². The van der Waals surface area contributed by atoms with Crippen molar-refractivity contribution in [1.29, 1.82) is 0 Å². The molecule has 2 rings (SSSR count). The summed E-state index contributed by atoms with van der Waals surface area (Å²) in [4.78, 5) is 5.55. The maximum atomic E-state index is 6.11. The van der Waals surface area contributed by atoms with Crippen LogP contribution in [0.1, 0.15) is 19.4 Å². The van der Waals surface area contributed by atoms with E-state index in [4.69, 9.17) is 11.6 Å². The standard InChI is InChI=1S/C15H20ClN3S/c1-11(2)9-17-10-12-8-13(16)4-5-14(12)20-15-18-6-7-19(15)3/h4-8,11,17H,9-10H2,1-3H3. The Bertz CT molecular complexity index is 566. The van der Waals surface area contributed by atoms with Gasteiger partial charge in [0.1, 0.15) is 0 Å². The molecule has 0 unspecified atom stereocenters. The number of aryl methyl sites for hydroxylation is 1. The topological polar surface area (TPSA) is 29.9 Å². The van der Waals surface area contributed by atoms with Crippen LogP contribution < -0.4 is 5.32 Å².